The number of rotatable bonds is 6. The molecule has 0 saturated carbocycles. The van der Waals surface area contributed by atoms with Crippen molar-refractivity contribution in [1.29, 1.82) is 0 Å². The lowest BCUT2D eigenvalue weighted by atomic mass is 10.2. The van der Waals surface area contributed by atoms with Gasteiger partial charge >= 0.3 is 12.3 Å². The summed E-state index contributed by atoms with van der Waals surface area (Å²) in [5, 5.41) is 3.57. The van der Waals surface area contributed by atoms with Crippen molar-refractivity contribution < 1.29 is 22.7 Å². The Morgan fingerprint density at radius 3 is 2.92 bits per heavy atom. The maximum absolute atomic E-state index is 11.9. The highest BCUT2D eigenvalue weighted by molar-refractivity contribution is 7.99. The molecule has 0 saturated heterocycles. The van der Waals surface area contributed by atoms with Gasteiger partial charge < -0.3 is 10.1 Å². The molecular formula is C15H15ClF3N3O2S. The Labute approximate surface area is 151 Å². The zero-order chi connectivity index (χ0) is 18.4. The van der Waals surface area contributed by atoms with E-state index in [1.165, 1.54) is 11.8 Å². The number of imidazole rings is 1. The van der Waals surface area contributed by atoms with Crippen LogP contribution in [-0.4, -0.2) is 40.7 Å². The van der Waals surface area contributed by atoms with E-state index in [0.29, 0.717) is 15.9 Å². The van der Waals surface area contributed by atoms with E-state index in [4.69, 9.17) is 11.6 Å². The number of nitrogens with one attached hydrogen (secondary N) is 1. The highest BCUT2D eigenvalue weighted by Gasteiger charge is 2.29. The van der Waals surface area contributed by atoms with Gasteiger partial charge in [-0.25, -0.2) is 9.78 Å². The van der Waals surface area contributed by atoms with Crippen molar-refractivity contribution in [2.24, 2.45) is 0 Å². The summed E-state index contributed by atoms with van der Waals surface area (Å²) < 4.78 is 41.7. The van der Waals surface area contributed by atoms with Crippen LogP contribution in [-0.2, 0) is 4.74 Å². The Hall–Kier alpha value is -1.87. The van der Waals surface area contributed by atoms with Crippen LogP contribution in [0.1, 0.15) is 5.56 Å². The van der Waals surface area contributed by atoms with Gasteiger partial charge in [-0.05, 0) is 24.6 Å². The van der Waals surface area contributed by atoms with E-state index in [9.17, 15) is 18.0 Å². The lowest BCUT2D eigenvalue weighted by molar-refractivity contribution is -0.160. The first-order valence-corrected chi connectivity index (χ1v) is 8.53. The predicted octanol–water partition coefficient (Wildman–Crippen LogP) is 4.21. The van der Waals surface area contributed by atoms with Gasteiger partial charge in [0.2, 0.25) is 0 Å². The average Bonchev–Trinajstić information content (AvgIpc) is 3.00. The number of ether oxygens (including phenoxy) is 1. The van der Waals surface area contributed by atoms with Crippen molar-refractivity contribution in [1.82, 2.24) is 14.9 Å². The number of benzene rings is 1. The molecule has 1 heterocycles. The molecule has 0 unspecified atom stereocenters. The number of nitrogens with zero attached hydrogens (tertiary/aromatic N) is 2. The molecule has 0 aliphatic heterocycles. The highest BCUT2D eigenvalue weighted by atomic mass is 35.5. The van der Waals surface area contributed by atoms with Crippen LogP contribution < -0.4 is 5.32 Å². The van der Waals surface area contributed by atoms with E-state index in [2.05, 4.69) is 15.0 Å². The summed E-state index contributed by atoms with van der Waals surface area (Å²) in [5.74, 6) is 0.414. The van der Waals surface area contributed by atoms with Crippen molar-refractivity contribution in [3.8, 4) is 5.69 Å². The van der Waals surface area contributed by atoms with Crippen LogP contribution in [0.4, 0.5) is 18.0 Å². The number of hydrogen-bond acceptors (Lipinski definition) is 4. The number of amides is 1. The molecule has 10 heteroatoms. The van der Waals surface area contributed by atoms with E-state index in [1.807, 2.05) is 23.6 Å². The van der Waals surface area contributed by atoms with Crippen molar-refractivity contribution in [3.63, 3.8) is 0 Å². The van der Waals surface area contributed by atoms with Crippen LogP contribution >= 0.6 is 23.4 Å². The SMILES string of the molecule is Cc1c(Cl)cccc1-n1ccnc1SCCNC(=O)OCC(F)(F)F. The largest absolute Gasteiger partial charge is 0.440 e. The van der Waals surface area contributed by atoms with Crippen LogP contribution in [0.2, 0.25) is 5.02 Å². The fourth-order valence-electron chi connectivity index (χ4n) is 1.93. The van der Waals surface area contributed by atoms with Crippen LogP contribution in [0.15, 0.2) is 35.7 Å². The zero-order valence-electron chi connectivity index (χ0n) is 13.1. The van der Waals surface area contributed by atoms with Crippen LogP contribution in [0.25, 0.3) is 5.69 Å². The topological polar surface area (TPSA) is 56.2 Å². The van der Waals surface area contributed by atoms with Crippen LogP contribution in [0.3, 0.4) is 0 Å². The molecular weight excluding hydrogens is 379 g/mol. The normalized spacial score (nSPS) is 11.4. The molecule has 2 rings (SSSR count). The van der Waals surface area contributed by atoms with Gasteiger partial charge in [0.15, 0.2) is 11.8 Å². The zero-order valence-corrected chi connectivity index (χ0v) is 14.7. The smallest absolute Gasteiger partial charge is 0.422 e. The molecule has 1 amide bonds. The fraction of sp³-hybridized carbons (Fsp3) is 0.333. The summed E-state index contributed by atoms with van der Waals surface area (Å²) >= 11 is 7.47. The standard InChI is InChI=1S/C15H15ClF3N3O2S/c1-10-11(16)3-2-4-12(10)22-7-5-20-13(22)25-8-6-21-14(23)24-9-15(17,18)19/h2-5,7H,6,8-9H2,1H3,(H,21,23). The molecule has 0 aliphatic rings. The predicted molar refractivity (Wildman–Crippen MR) is 89.4 cm³/mol. The molecule has 1 aromatic heterocycles. The van der Waals surface area contributed by atoms with Crippen LogP contribution in [0, 0.1) is 6.92 Å². The summed E-state index contributed by atoms with van der Waals surface area (Å²) in [6.07, 6.45) is -2.22. The summed E-state index contributed by atoms with van der Waals surface area (Å²) in [4.78, 5) is 15.4. The van der Waals surface area contributed by atoms with E-state index >= 15 is 0 Å². The summed E-state index contributed by atoms with van der Waals surface area (Å²) in [5.41, 5.74) is 1.78. The first-order valence-electron chi connectivity index (χ1n) is 7.17. The molecule has 136 valence electrons. The van der Waals surface area contributed by atoms with E-state index in [0.717, 1.165) is 11.3 Å². The molecule has 0 bridgehead atoms. The second-order valence-electron chi connectivity index (χ2n) is 4.93. The lowest BCUT2D eigenvalue weighted by Crippen LogP contribution is -2.30. The molecule has 2 aromatic rings. The Morgan fingerprint density at radius 1 is 1.44 bits per heavy atom. The lowest BCUT2D eigenvalue weighted by Gasteiger charge is -2.12. The van der Waals surface area contributed by atoms with E-state index < -0.39 is 18.9 Å². The van der Waals surface area contributed by atoms with Gasteiger partial charge in [0.1, 0.15) is 0 Å². The molecule has 25 heavy (non-hydrogen) atoms. The van der Waals surface area contributed by atoms with Gasteiger partial charge in [-0.1, -0.05) is 29.4 Å². The van der Waals surface area contributed by atoms with Gasteiger partial charge in [-0.2, -0.15) is 13.2 Å². The number of alkyl halides is 3. The minimum absolute atomic E-state index is 0.142. The van der Waals surface area contributed by atoms with Gasteiger partial charge in [-0.15, -0.1) is 0 Å². The number of thioether (sulfide) groups is 1. The van der Waals surface area contributed by atoms with Gasteiger partial charge in [-0.3, -0.25) is 4.57 Å². The minimum Gasteiger partial charge on any atom is -0.440 e. The second-order valence-corrected chi connectivity index (χ2v) is 6.40. The molecule has 0 atom stereocenters. The Bertz CT molecular complexity index is 737. The number of hydrogen-bond donors (Lipinski definition) is 1. The highest BCUT2D eigenvalue weighted by Crippen LogP contribution is 2.26. The third kappa shape index (κ3) is 5.86. The second kappa shape index (κ2) is 8.48. The summed E-state index contributed by atoms with van der Waals surface area (Å²) in [6.45, 7) is 0.428. The number of halogens is 4. The molecule has 0 spiro atoms. The molecule has 0 aliphatic carbocycles. The van der Waals surface area contributed by atoms with Crippen molar-refractivity contribution in [3.05, 3.63) is 41.2 Å². The Balaban J connectivity index is 1.86. The number of alkyl carbamates (subject to hydrolysis) is 1. The van der Waals surface area contributed by atoms with Crippen molar-refractivity contribution in [2.75, 3.05) is 18.9 Å². The van der Waals surface area contributed by atoms with Crippen LogP contribution in [0.5, 0.6) is 0 Å². The van der Waals surface area contributed by atoms with E-state index in [-0.39, 0.29) is 6.54 Å². The third-order valence-electron chi connectivity index (χ3n) is 3.07. The number of carbonyl (C=O) groups excluding carboxylic acids is 1. The number of aromatic nitrogens is 2. The number of carbonyl (C=O) groups is 1. The molecule has 1 aromatic carbocycles. The Morgan fingerprint density at radius 2 is 2.20 bits per heavy atom. The first-order chi connectivity index (χ1) is 11.8. The first kappa shape index (κ1) is 19.5. The fourth-order valence-corrected chi connectivity index (χ4v) is 2.92. The summed E-state index contributed by atoms with van der Waals surface area (Å²) in [7, 11) is 0. The molecule has 0 radical (unpaired) electrons. The summed E-state index contributed by atoms with van der Waals surface area (Å²) in [6, 6.07) is 5.53. The molecule has 5 nitrogen and oxygen atoms in total. The average molecular weight is 394 g/mol. The van der Waals surface area contributed by atoms with Crippen molar-refractivity contribution in [2.45, 2.75) is 18.3 Å². The maximum Gasteiger partial charge on any atom is 0.422 e. The quantitative estimate of drug-likeness (QED) is 0.590. The van der Waals surface area contributed by atoms with E-state index in [1.54, 1.807) is 18.5 Å². The Kier molecular flexibility index (Phi) is 6.60. The minimum atomic E-state index is -4.54. The molecule has 1 N–H and O–H groups in total. The van der Waals surface area contributed by atoms with Gasteiger partial charge in [0.25, 0.3) is 0 Å². The third-order valence-corrected chi connectivity index (χ3v) is 4.45. The monoisotopic (exact) mass is 393 g/mol. The van der Waals surface area contributed by atoms with Crippen molar-refractivity contribution >= 4 is 29.5 Å². The molecule has 0 fully saturated rings. The van der Waals surface area contributed by atoms with Gasteiger partial charge in [0.05, 0.1) is 5.69 Å². The van der Waals surface area contributed by atoms with Gasteiger partial charge in [0, 0.05) is 29.7 Å². The maximum atomic E-state index is 11.9.